The summed E-state index contributed by atoms with van der Waals surface area (Å²) in [5.41, 5.74) is 9.84. The molecule has 80 heavy (non-hydrogen) atoms. The molecule has 4 heterocycles. The smallest absolute Gasteiger partial charge is 0.317 e. The van der Waals surface area contributed by atoms with Gasteiger partial charge in [0, 0.05) is 45.5 Å². The van der Waals surface area contributed by atoms with Gasteiger partial charge in [0.05, 0.1) is 18.1 Å². The fourth-order valence-electron chi connectivity index (χ4n) is 15.8. The average molecular weight is 1100 g/mol. The summed E-state index contributed by atoms with van der Waals surface area (Å²) in [6.45, 7) is 28.0. The summed E-state index contributed by atoms with van der Waals surface area (Å²) in [5, 5.41) is 10.2. The zero-order valence-corrected chi connectivity index (χ0v) is 50.3. The van der Waals surface area contributed by atoms with Crippen molar-refractivity contribution in [3.05, 3.63) is 119 Å². The zero-order chi connectivity index (χ0) is 55.9. The van der Waals surface area contributed by atoms with E-state index in [9.17, 15) is 14.4 Å². The largest absolute Gasteiger partial charge is 0.349 e. The van der Waals surface area contributed by atoms with E-state index >= 15 is 0 Å². The van der Waals surface area contributed by atoms with Crippen molar-refractivity contribution in [1.82, 2.24) is 35.6 Å². The molecule has 6 fully saturated rings. The van der Waals surface area contributed by atoms with E-state index in [0.29, 0.717) is 11.3 Å². The minimum Gasteiger partial charge on any atom is -0.349 e. The molecule has 3 aromatic rings. The Morgan fingerprint density at radius 1 is 0.562 bits per heavy atom. The van der Waals surface area contributed by atoms with Crippen molar-refractivity contribution >= 4 is 17.8 Å². The van der Waals surface area contributed by atoms with E-state index in [-0.39, 0.29) is 62.4 Å². The third kappa shape index (κ3) is 13.9. The lowest BCUT2D eigenvalue weighted by Crippen LogP contribution is -2.43. The number of nitrogens with zero attached hydrogens (tertiary/aromatic N) is 4. The van der Waals surface area contributed by atoms with Gasteiger partial charge >= 0.3 is 6.03 Å². The van der Waals surface area contributed by atoms with Gasteiger partial charge in [0.2, 0.25) is 11.8 Å². The molecule has 4 aliphatic heterocycles. The fourth-order valence-corrected chi connectivity index (χ4v) is 15.8. The number of piperidine rings is 3. The number of urea groups is 1. The van der Waals surface area contributed by atoms with Gasteiger partial charge < -0.3 is 35.6 Å². The van der Waals surface area contributed by atoms with Crippen LogP contribution in [0.1, 0.15) is 225 Å². The Kier molecular flexibility index (Phi) is 19.0. The van der Waals surface area contributed by atoms with Crippen LogP contribution in [0.15, 0.2) is 85.5 Å². The highest BCUT2D eigenvalue weighted by Gasteiger charge is 2.49. The molecule has 4 amide bonds. The molecule has 4 saturated heterocycles. The molecule has 3 N–H and O–H groups in total. The maximum absolute atomic E-state index is 12.8. The molecule has 0 radical (unpaired) electrons. The Balaban J connectivity index is 0.000000176. The van der Waals surface area contributed by atoms with Crippen molar-refractivity contribution < 1.29 is 18.7 Å². The monoisotopic (exact) mass is 1100 g/mol. The topological polar surface area (TPSA) is 100 Å². The number of hydrogen-bond acceptors (Lipinski definition) is 6. The van der Waals surface area contributed by atoms with E-state index in [1.54, 1.807) is 0 Å². The number of benzene rings is 3. The van der Waals surface area contributed by atoms with Crippen molar-refractivity contribution in [2.45, 2.75) is 204 Å². The number of carbonyl (C=O) groups is 3. The van der Waals surface area contributed by atoms with Crippen molar-refractivity contribution in [1.29, 1.82) is 0 Å². The number of amides is 4. The summed E-state index contributed by atoms with van der Waals surface area (Å²) in [5.74, 6) is 1.91. The molecule has 3 aromatic carbocycles. The first-order valence-electron chi connectivity index (χ1n) is 32.4. The standard InChI is InChI=1S/C24H36N2O.C23H33N3O.C23H34N2O.3H2/c1-18(2)11-14-26-15-12-24(13-16-26)17-22(20-9-5-6-10-21(20)24)25-23(27)19-7-3-4-8-19;1-2-3-6-13-25-16-11-23(12-17-25)18-21(19-9-4-5-10-20(19)23)24-22(27)26-14-7-8-15-26;1-22(2,3)10-13-25-14-11-23(12-15-25)16-20(24-21(26)17-8-9-17)18-6-4-5-7-19(18)23;;;/h5-6,9-10,18-19,22H,3-4,7-8,11-17H2,1-2H3,(H,25,27);2,4-5,9-10,21H,1,3,6-8,11-18H2,(H,24,27);4-7,17,20H,8-16H2,1-3H3,(H,24,26);3*1H/t22-;21-;20-;;;/m000.../s1. The third-order valence-corrected chi connectivity index (χ3v) is 21.0. The number of carbonyl (C=O) groups excluding carboxylic acids is 3. The van der Waals surface area contributed by atoms with Crippen molar-refractivity contribution in [2.24, 2.45) is 23.2 Å². The van der Waals surface area contributed by atoms with Crippen LogP contribution in [0.4, 0.5) is 4.79 Å². The summed E-state index contributed by atoms with van der Waals surface area (Å²) < 4.78 is 0. The predicted octanol–water partition coefficient (Wildman–Crippen LogP) is 14.2. The molecule has 9 aliphatic rings. The molecule has 12 rings (SSSR count). The normalized spacial score (nSPS) is 24.9. The summed E-state index contributed by atoms with van der Waals surface area (Å²) in [6, 6.07) is 27.4. The first-order chi connectivity index (χ1) is 38.7. The van der Waals surface area contributed by atoms with Crippen LogP contribution >= 0.6 is 0 Å². The van der Waals surface area contributed by atoms with E-state index in [2.05, 4.69) is 145 Å². The first-order valence-corrected chi connectivity index (χ1v) is 32.4. The molecule has 0 unspecified atom stereocenters. The van der Waals surface area contributed by atoms with E-state index in [4.69, 9.17) is 0 Å². The molecule has 10 nitrogen and oxygen atoms in total. The van der Waals surface area contributed by atoms with Gasteiger partial charge in [0.25, 0.3) is 0 Å². The van der Waals surface area contributed by atoms with Gasteiger partial charge in [0.1, 0.15) is 0 Å². The Morgan fingerprint density at radius 2 is 0.963 bits per heavy atom. The van der Waals surface area contributed by atoms with Crippen LogP contribution in [0.25, 0.3) is 0 Å². The summed E-state index contributed by atoms with van der Waals surface area (Å²) in [7, 11) is 0. The number of likely N-dealkylation sites (tertiary alicyclic amines) is 4. The third-order valence-electron chi connectivity index (χ3n) is 21.0. The lowest BCUT2D eigenvalue weighted by Gasteiger charge is -2.41. The second-order valence-corrected chi connectivity index (χ2v) is 28.2. The molecule has 3 atom stereocenters. The SMILES string of the molecule is C=CCCCN1CCC2(CC1)C[C@H](NC(=O)N1CCCC1)c1ccccc12.CC(C)(C)CCN1CCC2(CC1)C[C@H](NC(=O)C1CC1)c1ccccc12.CC(C)CCN1CCC2(CC1)C[C@H](NC(=O)C1CCCC1)c1ccccc12.[HH].[HH].[HH]. The fraction of sp³-hybridized carbons (Fsp3) is 0.671. The molecule has 3 spiro atoms. The van der Waals surface area contributed by atoms with Gasteiger partial charge in [-0.1, -0.05) is 126 Å². The Bertz CT molecular complexity index is 2560. The van der Waals surface area contributed by atoms with E-state index in [1.807, 2.05) is 11.0 Å². The van der Waals surface area contributed by atoms with Gasteiger partial charge in [0.15, 0.2) is 0 Å². The highest BCUT2D eigenvalue weighted by atomic mass is 16.2. The highest BCUT2D eigenvalue weighted by Crippen LogP contribution is 2.54. The van der Waals surface area contributed by atoms with Crippen LogP contribution in [-0.4, -0.2) is 109 Å². The molecule has 5 aliphatic carbocycles. The summed E-state index contributed by atoms with van der Waals surface area (Å²) in [6.07, 6.45) is 26.5. The number of allylic oxidation sites excluding steroid dienone is 1. The molecule has 2 saturated carbocycles. The number of unbranched alkanes of at least 4 members (excludes halogenated alkanes) is 1. The maximum Gasteiger partial charge on any atom is 0.317 e. The Hall–Kier alpha value is -4.51. The average Bonchev–Trinajstić information content (AvgIpc) is 4.00. The van der Waals surface area contributed by atoms with Gasteiger partial charge in [-0.3, -0.25) is 9.59 Å². The quantitative estimate of drug-likeness (QED) is 0.110. The number of rotatable bonds is 14. The minimum atomic E-state index is 0. The van der Waals surface area contributed by atoms with Crippen molar-refractivity contribution in [3.8, 4) is 0 Å². The molecule has 10 heteroatoms. The number of hydrogen-bond donors (Lipinski definition) is 3. The first kappa shape index (κ1) is 58.7. The Morgan fingerprint density at radius 3 is 1.38 bits per heavy atom. The van der Waals surface area contributed by atoms with Gasteiger partial charge in [-0.25, -0.2) is 4.79 Å². The van der Waals surface area contributed by atoms with Crippen LogP contribution in [0.5, 0.6) is 0 Å². The molecular formula is C70H109N7O3. The Labute approximate surface area is 487 Å². The van der Waals surface area contributed by atoms with Gasteiger partial charge in [-0.05, 0) is 226 Å². The highest BCUT2D eigenvalue weighted by molar-refractivity contribution is 5.81. The van der Waals surface area contributed by atoms with E-state index in [1.165, 1.54) is 150 Å². The second kappa shape index (κ2) is 26.0. The second-order valence-electron chi connectivity index (χ2n) is 28.2. The lowest BCUT2D eigenvalue weighted by atomic mass is 9.73. The number of fused-ring (bicyclic) bond motifs is 6. The number of nitrogens with one attached hydrogen (secondary N) is 3. The summed E-state index contributed by atoms with van der Waals surface area (Å²) >= 11 is 0. The van der Waals surface area contributed by atoms with Crippen LogP contribution in [0.2, 0.25) is 0 Å². The van der Waals surface area contributed by atoms with Crippen molar-refractivity contribution in [3.63, 3.8) is 0 Å². The van der Waals surface area contributed by atoms with Crippen LogP contribution in [-0.2, 0) is 25.8 Å². The maximum atomic E-state index is 12.8. The van der Waals surface area contributed by atoms with Crippen LogP contribution < -0.4 is 16.0 Å². The summed E-state index contributed by atoms with van der Waals surface area (Å²) in [4.78, 5) is 47.7. The predicted molar refractivity (Wildman–Crippen MR) is 333 cm³/mol. The van der Waals surface area contributed by atoms with E-state index < -0.39 is 0 Å². The molecule has 0 aromatic heterocycles. The van der Waals surface area contributed by atoms with E-state index in [0.717, 1.165) is 96.3 Å². The van der Waals surface area contributed by atoms with Gasteiger partial charge in [-0.15, -0.1) is 6.58 Å². The molecule has 442 valence electrons. The lowest BCUT2D eigenvalue weighted by molar-refractivity contribution is -0.125. The molecular weight excluding hydrogens is 987 g/mol. The van der Waals surface area contributed by atoms with Crippen LogP contribution in [0.3, 0.4) is 0 Å². The van der Waals surface area contributed by atoms with Crippen molar-refractivity contribution in [2.75, 3.05) is 72.0 Å². The molecule has 0 bridgehead atoms. The minimum absolute atomic E-state index is 0. The zero-order valence-electron chi connectivity index (χ0n) is 50.3. The van der Waals surface area contributed by atoms with Crippen LogP contribution in [0, 0.1) is 23.2 Å². The van der Waals surface area contributed by atoms with Gasteiger partial charge in [-0.2, -0.15) is 0 Å².